The van der Waals surface area contributed by atoms with Crippen molar-refractivity contribution in [3.63, 3.8) is 0 Å². The number of hydrogen-bond donors (Lipinski definition) is 4. The second-order valence-corrected chi connectivity index (χ2v) is 8.23. The van der Waals surface area contributed by atoms with Crippen molar-refractivity contribution in [1.82, 2.24) is 20.9 Å². The summed E-state index contributed by atoms with van der Waals surface area (Å²) in [5.41, 5.74) is 6.17. The van der Waals surface area contributed by atoms with Gasteiger partial charge in [0.05, 0.1) is 6.54 Å². The summed E-state index contributed by atoms with van der Waals surface area (Å²) in [4.78, 5) is 34.3. The predicted molar refractivity (Wildman–Crippen MR) is 114 cm³/mol. The number of carbonyl (C=O) groups is 2. The van der Waals surface area contributed by atoms with E-state index < -0.39 is 0 Å². The van der Waals surface area contributed by atoms with E-state index in [9.17, 15) is 9.59 Å². The van der Waals surface area contributed by atoms with Crippen molar-refractivity contribution in [2.75, 3.05) is 31.6 Å². The van der Waals surface area contributed by atoms with Gasteiger partial charge in [0.15, 0.2) is 5.96 Å². The molecule has 9 heteroatoms. The maximum atomic E-state index is 12.0. The predicted octanol–water partition coefficient (Wildman–Crippen LogP) is 0.363. The lowest BCUT2D eigenvalue weighted by atomic mass is 9.96. The molecule has 0 bridgehead atoms. The molecule has 9 nitrogen and oxygen atoms in total. The van der Waals surface area contributed by atoms with Crippen LogP contribution in [0, 0.1) is 5.92 Å². The number of amides is 2. The van der Waals surface area contributed by atoms with Crippen LogP contribution in [0.3, 0.4) is 0 Å². The van der Waals surface area contributed by atoms with Gasteiger partial charge in [-0.05, 0) is 39.7 Å². The number of nitrogens with one attached hydrogen (secondary N) is 3. The Morgan fingerprint density at radius 3 is 2.55 bits per heavy atom. The average Bonchev–Trinajstić information content (AvgIpc) is 2.67. The van der Waals surface area contributed by atoms with Gasteiger partial charge >= 0.3 is 0 Å². The lowest BCUT2D eigenvalue weighted by Crippen LogP contribution is -2.48. The Balaban J connectivity index is 1.92. The first kappa shape index (κ1) is 22.4. The minimum Gasteiger partial charge on any atom is -0.369 e. The summed E-state index contributed by atoms with van der Waals surface area (Å²) in [6.07, 6.45) is 3.25. The van der Waals surface area contributed by atoms with Crippen molar-refractivity contribution in [2.45, 2.75) is 45.7 Å². The Hall–Kier alpha value is -2.84. The van der Waals surface area contributed by atoms with Gasteiger partial charge in [-0.15, -0.1) is 0 Å². The summed E-state index contributed by atoms with van der Waals surface area (Å²) >= 11 is 0. The summed E-state index contributed by atoms with van der Waals surface area (Å²) < 4.78 is 0. The SMILES string of the molecule is CN=C(NCC(=O)NC(C)(C)C)NCc1cccnc1N1CCC(C(N)=O)CC1. The molecule has 0 aliphatic carbocycles. The molecule has 1 fully saturated rings. The van der Waals surface area contributed by atoms with E-state index in [-0.39, 0.29) is 29.8 Å². The molecule has 1 saturated heterocycles. The van der Waals surface area contributed by atoms with E-state index in [1.165, 1.54) is 0 Å². The van der Waals surface area contributed by atoms with E-state index in [1.807, 2.05) is 32.9 Å². The molecule has 2 amide bonds. The van der Waals surface area contributed by atoms with Gasteiger partial charge < -0.3 is 26.6 Å². The van der Waals surface area contributed by atoms with Crippen molar-refractivity contribution in [3.05, 3.63) is 23.9 Å². The molecule has 5 N–H and O–H groups in total. The van der Waals surface area contributed by atoms with Gasteiger partial charge in [0.1, 0.15) is 5.82 Å². The third kappa shape index (κ3) is 7.24. The molecule has 1 aliphatic heterocycles. The van der Waals surface area contributed by atoms with E-state index in [1.54, 1.807) is 13.2 Å². The Labute approximate surface area is 172 Å². The standard InChI is InChI=1S/C20H33N7O2/c1-20(2,3)26-16(28)13-25-19(22-4)24-12-15-6-5-9-23-18(15)27-10-7-14(8-11-27)17(21)29/h5-6,9,14H,7-8,10-13H2,1-4H3,(H2,21,29)(H,26,28)(H2,22,24,25). The highest BCUT2D eigenvalue weighted by Gasteiger charge is 2.25. The van der Waals surface area contributed by atoms with Gasteiger partial charge in [0.2, 0.25) is 11.8 Å². The molecule has 0 spiro atoms. The number of pyridine rings is 1. The van der Waals surface area contributed by atoms with Crippen LogP contribution < -0.4 is 26.6 Å². The molecule has 0 aromatic carbocycles. The van der Waals surface area contributed by atoms with Crippen LogP contribution in [-0.4, -0.2) is 55.0 Å². The zero-order valence-electron chi connectivity index (χ0n) is 17.8. The fourth-order valence-corrected chi connectivity index (χ4v) is 3.25. The third-order valence-electron chi connectivity index (χ3n) is 4.67. The van der Waals surface area contributed by atoms with Crippen molar-refractivity contribution in [2.24, 2.45) is 16.6 Å². The highest BCUT2D eigenvalue weighted by atomic mass is 16.2. The Morgan fingerprint density at radius 2 is 1.97 bits per heavy atom. The van der Waals surface area contributed by atoms with Crippen LogP contribution in [0.25, 0.3) is 0 Å². The molecule has 29 heavy (non-hydrogen) atoms. The monoisotopic (exact) mass is 403 g/mol. The van der Waals surface area contributed by atoms with Crippen molar-refractivity contribution in [3.8, 4) is 0 Å². The lowest BCUT2D eigenvalue weighted by molar-refractivity contribution is -0.122. The zero-order valence-corrected chi connectivity index (χ0v) is 17.8. The van der Waals surface area contributed by atoms with Crippen LogP contribution in [-0.2, 0) is 16.1 Å². The van der Waals surface area contributed by atoms with Crippen LogP contribution in [0.5, 0.6) is 0 Å². The van der Waals surface area contributed by atoms with Gasteiger partial charge in [-0.3, -0.25) is 14.6 Å². The second kappa shape index (κ2) is 10.1. The number of nitrogens with two attached hydrogens (primary N) is 1. The van der Waals surface area contributed by atoms with E-state index in [0.717, 1.165) is 37.3 Å². The Kier molecular flexibility index (Phi) is 7.81. The molecule has 1 aromatic rings. The molecular weight excluding hydrogens is 370 g/mol. The molecule has 0 unspecified atom stereocenters. The molecule has 0 radical (unpaired) electrons. The van der Waals surface area contributed by atoms with Crippen LogP contribution in [0.1, 0.15) is 39.2 Å². The summed E-state index contributed by atoms with van der Waals surface area (Å²) in [7, 11) is 1.66. The topological polar surface area (TPSA) is 125 Å². The van der Waals surface area contributed by atoms with Crippen LogP contribution in [0.15, 0.2) is 23.3 Å². The van der Waals surface area contributed by atoms with Gasteiger partial charge in [0, 0.05) is 49.9 Å². The van der Waals surface area contributed by atoms with Crippen LogP contribution >= 0.6 is 0 Å². The number of aliphatic imine (C=N–C) groups is 1. The number of hydrogen-bond acceptors (Lipinski definition) is 5. The van der Waals surface area contributed by atoms with Gasteiger partial charge in [-0.1, -0.05) is 6.07 Å². The highest BCUT2D eigenvalue weighted by Crippen LogP contribution is 2.24. The number of anilines is 1. The van der Waals surface area contributed by atoms with Gasteiger partial charge in [-0.2, -0.15) is 0 Å². The number of aromatic nitrogens is 1. The maximum absolute atomic E-state index is 12.0. The van der Waals surface area contributed by atoms with Crippen LogP contribution in [0.4, 0.5) is 5.82 Å². The Morgan fingerprint density at radius 1 is 1.28 bits per heavy atom. The van der Waals surface area contributed by atoms with Gasteiger partial charge in [0.25, 0.3) is 0 Å². The van der Waals surface area contributed by atoms with Crippen molar-refractivity contribution < 1.29 is 9.59 Å². The fourth-order valence-electron chi connectivity index (χ4n) is 3.25. The smallest absolute Gasteiger partial charge is 0.239 e. The molecule has 0 atom stereocenters. The van der Waals surface area contributed by atoms with Crippen molar-refractivity contribution in [1.29, 1.82) is 0 Å². The number of piperidine rings is 1. The van der Waals surface area contributed by atoms with E-state index in [0.29, 0.717) is 12.5 Å². The Bertz CT molecular complexity index is 735. The normalized spacial score (nSPS) is 15.7. The van der Waals surface area contributed by atoms with Crippen LogP contribution in [0.2, 0.25) is 0 Å². The summed E-state index contributed by atoms with van der Waals surface area (Å²) in [5.74, 6) is 1.05. The summed E-state index contributed by atoms with van der Waals surface area (Å²) in [6, 6.07) is 3.90. The first-order valence-corrected chi connectivity index (χ1v) is 9.93. The average molecular weight is 404 g/mol. The summed E-state index contributed by atoms with van der Waals surface area (Å²) in [5, 5.41) is 9.15. The zero-order chi connectivity index (χ0) is 21.4. The van der Waals surface area contributed by atoms with E-state index in [2.05, 4.69) is 30.8 Å². The first-order valence-electron chi connectivity index (χ1n) is 9.93. The molecule has 1 aliphatic rings. The van der Waals surface area contributed by atoms with Gasteiger partial charge in [-0.25, -0.2) is 4.98 Å². The maximum Gasteiger partial charge on any atom is 0.239 e. The minimum atomic E-state index is -0.276. The summed E-state index contributed by atoms with van der Waals surface area (Å²) in [6.45, 7) is 7.96. The second-order valence-electron chi connectivity index (χ2n) is 8.23. The number of rotatable bonds is 6. The molecule has 2 rings (SSSR count). The number of carbonyl (C=O) groups excluding carboxylic acids is 2. The molecule has 0 saturated carbocycles. The number of guanidine groups is 1. The quantitative estimate of drug-likeness (QED) is 0.402. The number of nitrogens with zero attached hydrogens (tertiary/aromatic N) is 3. The fraction of sp³-hybridized carbons (Fsp3) is 0.600. The highest BCUT2D eigenvalue weighted by molar-refractivity contribution is 5.86. The molecule has 1 aromatic heterocycles. The van der Waals surface area contributed by atoms with E-state index in [4.69, 9.17) is 5.73 Å². The largest absolute Gasteiger partial charge is 0.369 e. The third-order valence-corrected chi connectivity index (χ3v) is 4.67. The number of primary amides is 1. The van der Waals surface area contributed by atoms with Crippen molar-refractivity contribution >= 4 is 23.6 Å². The molecule has 160 valence electrons. The lowest BCUT2D eigenvalue weighted by Gasteiger charge is -2.32. The van der Waals surface area contributed by atoms with E-state index >= 15 is 0 Å². The molecule has 2 heterocycles. The first-order chi connectivity index (χ1) is 13.7. The minimum absolute atomic E-state index is 0.0567. The molecular formula is C20H33N7O2.